The van der Waals surface area contributed by atoms with Crippen molar-refractivity contribution in [1.82, 2.24) is 4.98 Å². The molecule has 0 fully saturated rings. The normalized spacial score (nSPS) is 10.5. The zero-order chi connectivity index (χ0) is 42.5. The predicted octanol–water partition coefficient (Wildman–Crippen LogP) is 4.58. The van der Waals surface area contributed by atoms with Gasteiger partial charge in [0.1, 0.15) is 13.1 Å². The molecule has 0 spiro atoms. The number of para-hydroxylation sites is 3. The third-order valence-electron chi connectivity index (χ3n) is 9.17. The number of rotatable bonds is 19. The summed E-state index contributed by atoms with van der Waals surface area (Å²) in [6, 6.07) is 42.6. The molecule has 3 heterocycles. The van der Waals surface area contributed by atoms with E-state index in [1.165, 1.54) is 25.7 Å². The van der Waals surface area contributed by atoms with Gasteiger partial charge in [0.15, 0.2) is 24.8 Å². The number of anilines is 3. The van der Waals surface area contributed by atoms with E-state index in [1.54, 1.807) is 12.4 Å². The SMILES string of the molecule is BrCCCCCBr.CN(/N=C/c1cc[n+](CCCCC[n+]2ccc(/C=N/N(C)c3ccccc3)cc2)cc1)c1ccccc1.CN(/N=C/c1ccncc1)c1ccccc1.[Br-].[Br-]. The molecule has 328 valence electrons. The minimum atomic E-state index is 0. The van der Waals surface area contributed by atoms with Gasteiger partial charge in [0.25, 0.3) is 0 Å². The number of aryl methyl sites for hydroxylation is 2. The average molecular weight is 1090 g/mol. The minimum absolute atomic E-state index is 0. The third-order valence-corrected chi connectivity index (χ3v) is 10.3. The Hall–Kier alpha value is -4.56. The number of hydrogen-bond donors (Lipinski definition) is 0. The zero-order valence-electron chi connectivity index (χ0n) is 35.9. The van der Waals surface area contributed by atoms with Crippen LogP contribution in [0, 0.1) is 0 Å². The van der Waals surface area contributed by atoms with E-state index < -0.39 is 0 Å². The summed E-state index contributed by atoms with van der Waals surface area (Å²) in [7, 11) is 5.84. The molecule has 3 aromatic heterocycles. The molecule has 0 aliphatic rings. The Morgan fingerprint density at radius 2 is 0.742 bits per heavy atom. The molecule has 0 aliphatic carbocycles. The molecule has 0 amide bonds. The van der Waals surface area contributed by atoms with E-state index in [-0.39, 0.29) is 34.0 Å². The quantitative estimate of drug-likeness (QED) is 0.0393. The molecule has 0 bridgehead atoms. The van der Waals surface area contributed by atoms with Crippen molar-refractivity contribution in [2.24, 2.45) is 15.3 Å². The molecule has 0 unspecified atom stereocenters. The van der Waals surface area contributed by atoms with Gasteiger partial charge in [-0.15, -0.1) is 0 Å². The summed E-state index contributed by atoms with van der Waals surface area (Å²) >= 11 is 6.73. The smallest absolute Gasteiger partial charge is 0.169 e. The lowest BCUT2D eigenvalue weighted by atomic mass is 10.2. The van der Waals surface area contributed by atoms with E-state index in [2.05, 4.69) is 110 Å². The third kappa shape index (κ3) is 22.0. The van der Waals surface area contributed by atoms with Gasteiger partial charge >= 0.3 is 0 Å². The number of halogens is 4. The molecule has 0 saturated heterocycles. The standard InChI is InChI=1S/C31H36N6.C13H13N3.C5H10Br2.2BrH/c1-34(30-12-6-3-7-13-30)32-26-28-16-22-36(23-17-28)20-10-5-11-21-37-24-18-29(19-25-37)27-33-35(2)31-14-8-4-9-15-31;1-16(13-5-3-2-4-6-13)15-11-12-7-9-14-10-8-12;6-4-2-1-3-5-7;;/h3-4,6-9,12-19,22-27H,5,10-11,20-21H2,1-2H3;2-11H,1H3;1-5H2;2*1H/q+2;;;;/p-2/b;15-11+;;;. The number of hydrogen-bond acceptors (Lipinski definition) is 7. The molecule has 62 heavy (non-hydrogen) atoms. The predicted molar refractivity (Wildman–Crippen MR) is 260 cm³/mol. The highest BCUT2D eigenvalue weighted by atomic mass is 79.9. The van der Waals surface area contributed by atoms with Gasteiger partial charge in [-0.2, -0.15) is 15.3 Å². The lowest BCUT2D eigenvalue weighted by molar-refractivity contribution is -0.701. The van der Waals surface area contributed by atoms with Gasteiger partial charge in [-0.05, 0) is 73.4 Å². The maximum Gasteiger partial charge on any atom is 0.169 e. The molecule has 9 nitrogen and oxygen atoms in total. The maximum atomic E-state index is 4.53. The molecule has 0 saturated carbocycles. The van der Waals surface area contributed by atoms with Crippen molar-refractivity contribution >= 4 is 67.6 Å². The Kier molecular flexibility index (Phi) is 28.6. The summed E-state index contributed by atoms with van der Waals surface area (Å²) in [6.45, 7) is 2.05. The zero-order valence-corrected chi connectivity index (χ0v) is 42.3. The van der Waals surface area contributed by atoms with Crippen molar-refractivity contribution in [3.8, 4) is 0 Å². The molecule has 6 aromatic rings. The molecular weight excluding hydrogens is 1030 g/mol. The summed E-state index contributed by atoms with van der Waals surface area (Å²) in [5.74, 6) is 0. The van der Waals surface area contributed by atoms with Crippen LogP contribution in [0.2, 0.25) is 0 Å². The van der Waals surface area contributed by atoms with Gasteiger partial charge in [-0.1, -0.05) is 92.9 Å². The van der Waals surface area contributed by atoms with Crippen molar-refractivity contribution in [2.45, 2.75) is 51.6 Å². The molecule has 0 N–H and O–H groups in total. The van der Waals surface area contributed by atoms with Crippen molar-refractivity contribution < 1.29 is 43.1 Å². The van der Waals surface area contributed by atoms with Crippen LogP contribution in [0.4, 0.5) is 17.1 Å². The summed E-state index contributed by atoms with van der Waals surface area (Å²) < 4.78 is 4.48. The van der Waals surface area contributed by atoms with Gasteiger partial charge in [-0.3, -0.25) is 20.0 Å². The lowest BCUT2D eigenvalue weighted by Crippen LogP contribution is -3.00. The monoisotopic (exact) mass is 1090 g/mol. The first kappa shape index (κ1) is 53.6. The highest BCUT2D eigenvalue weighted by Crippen LogP contribution is 2.13. The number of pyridine rings is 3. The fourth-order valence-corrected chi connectivity index (χ4v) is 6.37. The van der Waals surface area contributed by atoms with Crippen LogP contribution in [0.25, 0.3) is 0 Å². The highest BCUT2D eigenvalue weighted by Gasteiger charge is 2.05. The van der Waals surface area contributed by atoms with Crippen LogP contribution in [0.1, 0.15) is 55.2 Å². The Morgan fingerprint density at radius 3 is 1.06 bits per heavy atom. The number of nitrogens with zero attached hydrogens (tertiary/aromatic N) is 9. The van der Waals surface area contributed by atoms with Crippen molar-refractivity contribution in [3.63, 3.8) is 0 Å². The molecule has 13 heteroatoms. The first-order valence-electron chi connectivity index (χ1n) is 20.4. The molecule has 0 atom stereocenters. The van der Waals surface area contributed by atoms with Crippen molar-refractivity contribution in [3.05, 3.63) is 181 Å². The topological polar surface area (TPSA) is 67.5 Å². The summed E-state index contributed by atoms with van der Waals surface area (Å²) in [5.41, 5.74) is 6.43. The summed E-state index contributed by atoms with van der Waals surface area (Å²) in [6.07, 6.45) is 25.1. The Labute approximate surface area is 407 Å². The molecule has 3 aromatic carbocycles. The molecule has 0 radical (unpaired) electrons. The first-order chi connectivity index (χ1) is 29.4. The second-order valence-corrected chi connectivity index (χ2v) is 15.4. The summed E-state index contributed by atoms with van der Waals surface area (Å²) in [5, 5.41) is 21.3. The fraction of sp³-hybridized carbons (Fsp3) is 0.265. The van der Waals surface area contributed by atoms with Crippen LogP contribution >= 0.6 is 31.9 Å². The van der Waals surface area contributed by atoms with Gasteiger partial charge < -0.3 is 34.0 Å². The van der Waals surface area contributed by atoms with Crippen molar-refractivity contribution in [1.29, 1.82) is 0 Å². The number of unbranched alkanes of at least 4 members (excludes halogenated alkanes) is 4. The first-order valence-corrected chi connectivity index (χ1v) is 22.7. The van der Waals surface area contributed by atoms with Gasteiger partial charge in [0, 0.05) is 92.4 Å². The Balaban J connectivity index is 0.000000437. The Bertz CT molecular complexity index is 1970. The van der Waals surface area contributed by atoms with Crippen LogP contribution in [0.3, 0.4) is 0 Å². The minimum Gasteiger partial charge on any atom is -1.00 e. The van der Waals surface area contributed by atoms with E-state index in [0.717, 1.165) is 70.3 Å². The largest absolute Gasteiger partial charge is 1.00 e. The summed E-state index contributed by atoms with van der Waals surface area (Å²) in [4.78, 5) is 3.96. The van der Waals surface area contributed by atoms with Crippen LogP contribution in [-0.4, -0.2) is 55.4 Å². The van der Waals surface area contributed by atoms with E-state index in [4.69, 9.17) is 0 Å². The Morgan fingerprint density at radius 1 is 0.435 bits per heavy atom. The van der Waals surface area contributed by atoms with Crippen LogP contribution < -0.4 is 58.1 Å². The van der Waals surface area contributed by atoms with Crippen molar-refractivity contribution in [2.75, 3.05) is 46.8 Å². The average Bonchev–Trinajstić information content (AvgIpc) is 3.31. The number of alkyl halides is 2. The molecule has 0 aliphatic heterocycles. The second-order valence-electron chi connectivity index (χ2n) is 13.8. The van der Waals surface area contributed by atoms with E-state index in [9.17, 15) is 0 Å². The maximum absolute atomic E-state index is 4.53. The van der Waals surface area contributed by atoms with Gasteiger partial charge in [0.2, 0.25) is 0 Å². The van der Waals surface area contributed by atoms with Gasteiger partial charge in [0.05, 0.1) is 35.7 Å². The number of benzene rings is 3. The lowest BCUT2D eigenvalue weighted by Gasteiger charge is -2.11. The number of hydrazone groups is 3. The van der Waals surface area contributed by atoms with Crippen LogP contribution in [0.15, 0.2) is 180 Å². The second kappa shape index (κ2) is 33.1. The number of aromatic nitrogens is 3. The molecular formula is C49H59Br4N9. The van der Waals surface area contributed by atoms with Crippen LogP contribution in [0.5, 0.6) is 0 Å². The van der Waals surface area contributed by atoms with Crippen LogP contribution in [-0.2, 0) is 13.1 Å². The van der Waals surface area contributed by atoms with Gasteiger partial charge in [-0.25, -0.2) is 9.13 Å². The van der Waals surface area contributed by atoms with E-state index >= 15 is 0 Å². The van der Waals surface area contributed by atoms with E-state index in [0.29, 0.717) is 0 Å². The van der Waals surface area contributed by atoms with E-state index in [1.807, 2.05) is 158 Å². The molecule has 6 rings (SSSR count). The fourth-order valence-electron chi connectivity index (χ4n) is 5.58. The highest BCUT2D eigenvalue weighted by molar-refractivity contribution is 9.09.